The highest BCUT2D eigenvalue weighted by Gasteiger charge is 2.30. The fourth-order valence-electron chi connectivity index (χ4n) is 4.50. The summed E-state index contributed by atoms with van der Waals surface area (Å²) in [6.45, 7) is 7.44. The number of benzene rings is 2. The SMILES string of the molecule is CCCN1CCc2c(cc(-c3ccc(C(F)(F)F)cc3)cc2N2CCCC2)C1. The van der Waals surface area contributed by atoms with E-state index in [0.29, 0.717) is 0 Å². The number of nitrogens with zero attached hydrogens (tertiary/aromatic N) is 2. The highest BCUT2D eigenvalue weighted by Crippen LogP contribution is 2.37. The zero-order valence-electron chi connectivity index (χ0n) is 16.4. The minimum Gasteiger partial charge on any atom is -0.371 e. The summed E-state index contributed by atoms with van der Waals surface area (Å²) in [6, 6.07) is 9.97. The normalized spacial score (nSPS) is 17.8. The van der Waals surface area contributed by atoms with E-state index in [1.165, 1.54) is 41.8 Å². The molecule has 0 amide bonds. The van der Waals surface area contributed by atoms with Gasteiger partial charge in [-0.2, -0.15) is 13.2 Å². The maximum Gasteiger partial charge on any atom is 0.416 e. The number of hydrogen-bond donors (Lipinski definition) is 0. The predicted octanol–water partition coefficient (Wildman–Crippen LogP) is 5.74. The van der Waals surface area contributed by atoms with Crippen LogP contribution in [-0.4, -0.2) is 31.1 Å². The van der Waals surface area contributed by atoms with Crippen LogP contribution in [0.25, 0.3) is 11.1 Å². The van der Waals surface area contributed by atoms with Crippen LogP contribution in [0.5, 0.6) is 0 Å². The van der Waals surface area contributed by atoms with Crippen molar-refractivity contribution in [3.05, 3.63) is 53.1 Å². The van der Waals surface area contributed by atoms with Crippen molar-refractivity contribution in [2.24, 2.45) is 0 Å². The van der Waals surface area contributed by atoms with Gasteiger partial charge >= 0.3 is 6.18 Å². The lowest BCUT2D eigenvalue weighted by molar-refractivity contribution is -0.137. The Morgan fingerprint density at radius 3 is 2.29 bits per heavy atom. The standard InChI is InChI=1S/C23H27F3N2/c1-2-10-27-13-9-21-19(16-27)14-18(15-22(21)28-11-3-4-12-28)17-5-7-20(8-6-17)23(24,25)26/h5-8,14-15H,2-4,9-13,16H2,1H3. The van der Waals surface area contributed by atoms with Crippen molar-refractivity contribution in [1.82, 2.24) is 4.90 Å². The first-order valence-electron chi connectivity index (χ1n) is 10.3. The van der Waals surface area contributed by atoms with E-state index >= 15 is 0 Å². The van der Waals surface area contributed by atoms with Crippen LogP contribution >= 0.6 is 0 Å². The molecule has 2 aromatic carbocycles. The van der Waals surface area contributed by atoms with Crippen LogP contribution in [0.15, 0.2) is 36.4 Å². The molecule has 2 aromatic rings. The number of halogens is 3. The Kier molecular flexibility index (Phi) is 5.37. The van der Waals surface area contributed by atoms with Gasteiger partial charge in [-0.3, -0.25) is 4.90 Å². The van der Waals surface area contributed by atoms with Crippen molar-refractivity contribution >= 4 is 5.69 Å². The molecule has 4 rings (SSSR count). The molecule has 0 atom stereocenters. The molecule has 2 nitrogen and oxygen atoms in total. The van der Waals surface area contributed by atoms with E-state index in [1.807, 2.05) is 0 Å². The fourth-order valence-corrected chi connectivity index (χ4v) is 4.50. The molecule has 0 radical (unpaired) electrons. The Balaban J connectivity index is 1.73. The molecule has 0 bridgehead atoms. The van der Waals surface area contributed by atoms with Crippen molar-refractivity contribution in [2.45, 2.75) is 45.3 Å². The van der Waals surface area contributed by atoms with Gasteiger partial charge < -0.3 is 4.90 Å². The zero-order chi connectivity index (χ0) is 19.7. The molecule has 0 aromatic heterocycles. The van der Waals surface area contributed by atoms with Crippen molar-refractivity contribution < 1.29 is 13.2 Å². The molecule has 150 valence electrons. The molecule has 28 heavy (non-hydrogen) atoms. The summed E-state index contributed by atoms with van der Waals surface area (Å²) < 4.78 is 38.8. The number of rotatable bonds is 4. The number of anilines is 1. The number of fused-ring (bicyclic) bond motifs is 1. The topological polar surface area (TPSA) is 6.48 Å². The zero-order valence-corrected chi connectivity index (χ0v) is 16.4. The first-order chi connectivity index (χ1) is 13.5. The summed E-state index contributed by atoms with van der Waals surface area (Å²) in [7, 11) is 0. The van der Waals surface area contributed by atoms with Gasteiger partial charge in [0.05, 0.1) is 5.56 Å². The van der Waals surface area contributed by atoms with Crippen molar-refractivity contribution in [2.75, 3.05) is 31.1 Å². The van der Waals surface area contributed by atoms with Gasteiger partial charge in [-0.05, 0) is 78.7 Å². The Morgan fingerprint density at radius 1 is 0.929 bits per heavy atom. The lowest BCUT2D eigenvalue weighted by atomic mass is 9.92. The van der Waals surface area contributed by atoms with Crippen LogP contribution in [0, 0.1) is 0 Å². The van der Waals surface area contributed by atoms with Gasteiger partial charge in [0.1, 0.15) is 0 Å². The third kappa shape index (κ3) is 3.90. The molecular formula is C23H27F3N2. The second-order valence-corrected chi connectivity index (χ2v) is 7.93. The quantitative estimate of drug-likeness (QED) is 0.659. The van der Waals surface area contributed by atoms with Crippen LogP contribution < -0.4 is 4.90 Å². The summed E-state index contributed by atoms with van der Waals surface area (Å²) in [5.74, 6) is 0. The summed E-state index contributed by atoms with van der Waals surface area (Å²) in [6.07, 6.45) is 0.305. The molecular weight excluding hydrogens is 361 g/mol. The van der Waals surface area contributed by atoms with Gasteiger partial charge in [-0.1, -0.05) is 19.1 Å². The molecule has 1 saturated heterocycles. The molecule has 2 heterocycles. The molecule has 1 fully saturated rings. The second-order valence-electron chi connectivity index (χ2n) is 7.93. The van der Waals surface area contributed by atoms with Gasteiger partial charge in [0.25, 0.3) is 0 Å². The Hall–Kier alpha value is -2.01. The molecule has 0 saturated carbocycles. The van der Waals surface area contributed by atoms with Gasteiger partial charge in [0, 0.05) is 31.9 Å². The van der Waals surface area contributed by atoms with Crippen molar-refractivity contribution in [1.29, 1.82) is 0 Å². The smallest absolute Gasteiger partial charge is 0.371 e. The average Bonchev–Trinajstić information content (AvgIpc) is 3.21. The molecule has 0 aliphatic carbocycles. The first kappa shape index (κ1) is 19.3. The van der Waals surface area contributed by atoms with Crippen LogP contribution in [0.2, 0.25) is 0 Å². The maximum absolute atomic E-state index is 12.9. The van der Waals surface area contributed by atoms with Crippen molar-refractivity contribution in [3.63, 3.8) is 0 Å². The summed E-state index contributed by atoms with van der Waals surface area (Å²) in [5.41, 5.74) is 5.34. The van der Waals surface area contributed by atoms with Crippen LogP contribution in [0.3, 0.4) is 0 Å². The van der Waals surface area contributed by atoms with Crippen LogP contribution in [-0.2, 0) is 19.1 Å². The highest BCUT2D eigenvalue weighted by atomic mass is 19.4. The minimum absolute atomic E-state index is 0.594. The number of hydrogen-bond acceptors (Lipinski definition) is 2. The third-order valence-corrected chi connectivity index (χ3v) is 5.92. The summed E-state index contributed by atoms with van der Waals surface area (Å²) in [5, 5.41) is 0. The Labute approximate surface area is 165 Å². The lowest BCUT2D eigenvalue weighted by Gasteiger charge is -2.33. The van der Waals surface area contributed by atoms with Crippen LogP contribution in [0.1, 0.15) is 42.9 Å². The van der Waals surface area contributed by atoms with E-state index < -0.39 is 11.7 Å². The third-order valence-electron chi connectivity index (χ3n) is 5.92. The van der Waals surface area contributed by atoms with E-state index in [0.717, 1.165) is 56.7 Å². The van der Waals surface area contributed by atoms with E-state index in [1.54, 1.807) is 12.1 Å². The second kappa shape index (κ2) is 7.78. The number of alkyl halides is 3. The molecule has 0 spiro atoms. The summed E-state index contributed by atoms with van der Waals surface area (Å²) in [4.78, 5) is 4.94. The maximum atomic E-state index is 12.9. The van der Waals surface area contributed by atoms with Gasteiger partial charge in [-0.25, -0.2) is 0 Å². The van der Waals surface area contributed by atoms with Gasteiger partial charge in [0.2, 0.25) is 0 Å². The monoisotopic (exact) mass is 388 g/mol. The van der Waals surface area contributed by atoms with E-state index in [4.69, 9.17) is 0 Å². The summed E-state index contributed by atoms with van der Waals surface area (Å²) >= 11 is 0. The lowest BCUT2D eigenvalue weighted by Crippen LogP contribution is -2.32. The molecule has 2 aliphatic heterocycles. The Morgan fingerprint density at radius 2 is 1.64 bits per heavy atom. The predicted molar refractivity (Wildman–Crippen MR) is 108 cm³/mol. The van der Waals surface area contributed by atoms with E-state index in [-0.39, 0.29) is 0 Å². The highest BCUT2D eigenvalue weighted by molar-refractivity contribution is 5.73. The van der Waals surface area contributed by atoms with E-state index in [9.17, 15) is 13.2 Å². The average molecular weight is 388 g/mol. The Bertz CT molecular complexity index is 821. The van der Waals surface area contributed by atoms with Gasteiger partial charge in [0.15, 0.2) is 0 Å². The van der Waals surface area contributed by atoms with Gasteiger partial charge in [-0.15, -0.1) is 0 Å². The van der Waals surface area contributed by atoms with E-state index in [2.05, 4.69) is 28.9 Å². The largest absolute Gasteiger partial charge is 0.416 e. The first-order valence-corrected chi connectivity index (χ1v) is 10.3. The van der Waals surface area contributed by atoms with Crippen LogP contribution in [0.4, 0.5) is 18.9 Å². The molecule has 5 heteroatoms. The minimum atomic E-state index is -4.30. The molecule has 0 N–H and O–H groups in total. The molecule has 0 unspecified atom stereocenters. The molecule has 2 aliphatic rings. The van der Waals surface area contributed by atoms with Crippen molar-refractivity contribution in [3.8, 4) is 11.1 Å². The fraction of sp³-hybridized carbons (Fsp3) is 0.478.